The van der Waals surface area contributed by atoms with Crippen molar-refractivity contribution in [3.8, 4) is 0 Å². The fraction of sp³-hybridized carbons (Fsp3) is 0.222. The van der Waals surface area contributed by atoms with Gasteiger partial charge < -0.3 is 16.0 Å². The predicted octanol–water partition coefficient (Wildman–Crippen LogP) is 3.50. The van der Waals surface area contributed by atoms with E-state index in [0.29, 0.717) is 12.2 Å². The number of carbonyl (C=O) groups is 2. The summed E-state index contributed by atoms with van der Waals surface area (Å²) in [6, 6.07) is 12.5. The minimum atomic E-state index is -0.381. The lowest BCUT2D eigenvalue weighted by Crippen LogP contribution is -2.28. The number of halogens is 1. The van der Waals surface area contributed by atoms with Gasteiger partial charge in [0, 0.05) is 23.8 Å². The van der Waals surface area contributed by atoms with Gasteiger partial charge in [0.25, 0.3) is 0 Å². The number of nitrogens with one attached hydrogen (secondary N) is 3. The summed E-state index contributed by atoms with van der Waals surface area (Å²) in [6.45, 7) is 0.320. The van der Waals surface area contributed by atoms with Crippen molar-refractivity contribution in [1.82, 2.24) is 5.32 Å². The van der Waals surface area contributed by atoms with Crippen molar-refractivity contribution in [2.45, 2.75) is 19.4 Å². The fourth-order valence-electron chi connectivity index (χ4n) is 2.24. The van der Waals surface area contributed by atoms with Gasteiger partial charge in [-0.25, -0.2) is 9.18 Å². The van der Waals surface area contributed by atoms with Gasteiger partial charge in [0.1, 0.15) is 5.82 Å². The predicted molar refractivity (Wildman–Crippen MR) is 90.1 cm³/mol. The zero-order chi connectivity index (χ0) is 16.9. The number of amides is 3. The monoisotopic (exact) mass is 327 g/mol. The molecule has 0 saturated heterocycles. The average Bonchev–Trinajstić information content (AvgIpc) is 3.41. The number of urea groups is 1. The topological polar surface area (TPSA) is 70.2 Å². The van der Waals surface area contributed by atoms with Crippen molar-refractivity contribution in [3.63, 3.8) is 0 Å². The first kappa shape index (κ1) is 16.0. The van der Waals surface area contributed by atoms with E-state index in [4.69, 9.17) is 0 Å². The van der Waals surface area contributed by atoms with Gasteiger partial charge in [0.15, 0.2) is 0 Å². The molecule has 1 aliphatic carbocycles. The molecule has 3 amide bonds. The van der Waals surface area contributed by atoms with Crippen LogP contribution in [0.15, 0.2) is 48.5 Å². The van der Waals surface area contributed by atoms with Crippen LogP contribution in [-0.4, -0.2) is 11.9 Å². The maximum Gasteiger partial charge on any atom is 0.319 e. The van der Waals surface area contributed by atoms with Crippen molar-refractivity contribution >= 4 is 23.3 Å². The van der Waals surface area contributed by atoms with Crippen LogP contribution in [0.5, 0.6) is 0 Å². The van der Waals surface area contributed by atoms with Crippen LogP contribution in [0.4, 0.5) is 20.6 Å². The van der Waals surface area contributed by atoms with Gasteiger partial charge in [-0.3, -0.25) is 4.79 Å². The highest BCUT2D eigenvalue weighted by atomic mass is 19.1. The molecule has 1 aliphatic rings. The van der Waals surface area contributed by atoms with Gasteiger partial charge in [-0.05, 0) is 54.8 Å². The normalized spacial score (nSPS) is 13.2. The fourth-order valence-corrected chi connectivity index (χ4v) is 2.24. The van der Waals surface area contributed by atoms with E-state index in [9.17, 15) is 14.0 Å². The second-order valence-electron chi connectivity index (χ2n) is 5.78. The Kier molecular flexibility index (Phi) is 4.74. The molecule has 3 N–H and O–H groups in total. The van der Waals surface area contributed by atoms with Crippen molar-refractivity contribution in [3.05, 3.63) is 59.9 Å². The number of carbonyl (C=O) groups excluding carboxylic acids is 2. The molecule has 0 atom stereocenters. The van der Waals surface area contributed by atoms with Crippen LogP contribution in [0.2, 0.25) is 0 Å². The van der Waals surface area contributed by atoms with Crippen molar-refractivity contribution in [2.75, 3.05) is 10.6 Å². The summed E-state index contributed by atoms with van der Waals surface area (Å²) < 4.78 is 12.8. The molecule has 1 fully saturated rings. The molecule has 124 valence electrons. The van der Waals surface area contributed by atoms with E-state index in [1.807, 2.05) is 24.3 Å². The molecule has 0 radical (unpaired) electrons. The maximum absolute atomic E-state index is 12.8. The van der Waals surface area contributed by atoms with Crippen LogP contribution < -0.4 is 16.0 Å². The number of rotatable bonds is 5. The van der Waals surface area contributed by atoms with Gasteiger partial charge in [0.2, 0.25) is 5.91 Å². The number of hydrogen-bond acceptors (Lipinski definition) is 2. The van der Waals surface area contributed by atoms with Crippen molar-refractivity contribution in [2.24, 2.45) is 5.92 Å². The third-order valence-corrected chi connectivity index (χ3v) is 3.70. The molecule has 1 saturated carbocycles. The van der Waals surface area contributed by atoms with E-state index < -0.39 is 0 Å². The van der Waals surface area contributed by atoms with Crippen LogP contribution in [0, 0.1) is 11.7 Å². The molecular formula is C18H18FN3O2. The Morgan fingerprint density at radius 3 is 2.46 bits per heavy atom. The molecule has 0 heterocycles. The zero-order valence-corrected chi connectivity index (χ0v) is 13.0. The van der Waals surface area contributed by atoms with Crippen LogP contribution in [0.1, 0.15) is 18.4 Å². The molecule has 2 aromatic rings. The number of benzene rings is 2. The smallest absolute Gasteiger partial charge is 0.319 e. The largest absolute Gasteiger partial charge is 0.334 e. The molecule has 0 aromatic heterocycles. The molecule has 0 spiro atoms. The van der Waals surface area contributed by atoms with Gasteiger partial charge in [-0.2, -0.15) is 0 Å². The molecule has 3 rings (SSSR count). The molecule has 0 unspecified atom stereocenters. The summed E-state index contributed by atoms with van der Waals surface area (Å²) >= 11 is 0. The van der Waals surface area contributed by atoms with Crippen LogP contribution in [-0.2, 0) is 11.3 Å². The SMILES string of the molecule is O=C(NCc1cccc(NC(=O)C2CC2)c1)Nc1ccc(F)cc1. The standard InChI is InChI=1S/C18H18FN3O2/c19-14-6-8-15(9-7-14)22-18(24)20-11-12-2-1-3-16(10-12)21-17(23)13-4-5-13/h1-3,6-10,13H,4-5,11H2,(H,21,23)(H2,20,22,24). The Morgan fingerprint density at radius 2 is 1.75 bits per heavy atom. The zero-order valence-electron chi connectivity index (χ0n) is 13.0. The third-order valence-electron chi connectivity index (χ3n) is 3.70. The van der Waals surface area contributed by atoms with Gasteiger partial charge in [-0.15, -0.1) is 0 Å². The summed E-state index contributed by atoms with van der Waals surface area (Å²) in [5, 5.41) is 8.22. The lowest BCUT2D eigenvalue weighted by atomic mass is 10.2. The Hall–Kier alpha value is -2.89. The summed E-state index contributed by atoms with van der Waals surface area (Å²) in [5.74, 6) is -0.159. The minimum absolute atomic E-state index is 0.0502. The molecule has 0 bridgehead atoms. The van der Waals surface area contributed by atoms with E-state index in [1.165, 1.54) is 24.3 Å². The molecule has 5 nitrogen and oxygen atoms in total. The lowest BCUT2D eigenvalue weighted by molar-refractivity contribution is -0.117. The summed E-state index contributed by atoms with van der Waals surface area (Å²) in [7, 11) is 0. The highest BCUT2D eigenvalue weighted by Crippen LogP contribution is 2.30. The molecule has 0 aliphatic heterocycles. The van der Waals surface area contributed by atoms with Gasteiger partial charge in [-0.1, -0.05) is 12.1 Å². The first-order valence-corrected chi connectivity index (χ1v) is 7.80. The minimum Gasteiger partial charge on any atom is -0.334 e. The lowest BCUT2D eigenvalue weighted by Gasteiger charge is -2.09. The Bertz CT molecular complexity index is 742. The molecule has 6 heteroatoms. The first-order valence-electron chi connectivity index (χ1n) is 7.80. The quantitative estimate of drug-likeness (QED) is 0.786. The number of hydrogen-bond donors (Lipinski definition) is 3. The van der Waals surface area contributed by atoms with Crippen LogP contribution >= 0.6 is 0 Å². The van der Waals surface area contributed by atoms with Crippen LogP contribution in [0.3, 0.4) is 0 Å². The Morgan fingerprint density at radius 1 is 1.00 bits per heavy atom. The van der Waals surface area contributed by atoms with E-state index in [0.717, 1.165) is 24.1 Å². The molecule has 24 heavy (non-hydrogen) atoms. The molecular weight excluding hydrogens is 309 g/mol. The summed E-state index contributed by atoms with van der Waals surface area (Å²) in [4.78, 5) is 23.6. The van der Waals surface area contributed by atoms with E-state index in [1.54, 1.807) is 0 Å². The first-order chi connectivity index (χ1) is 11.6. The van der Waals surface area contributed by atoms with E-state index in [-0.39, 0.29) is 23.7 Å². The van der Waals surface area contributed by atoms with E-state index >= 15 is 0 Å². The highest BCUT2D eigenvalue weighted by Gasteiger charge is 2.29. The highest BCUT2D eigenvalue weighted by molar-refractivity contribution is 5.94. The maximum atomic E-state index is 12.8. The average molecular weight is 327 g/mol. The Balaban J connectivity index is 1.51. The second kappa shape index (κ2) is 7.12. The number of anilines is 2. The molecule has 2 aromatic carbocycles. The van der Waals surface area contributed by atoms with Crippen LogP contribution in [0.25, 0.3) is 0 Å². The van der Waals surface area contributed by atoms with Gasteiger partial charge in [0.05, 0.1) is 0 Å². The van der Waals surface area contributed by atoms with Crippen molar-refractivity contribution in [1.29, 1.82) is 0 Å². The summed E-state index contributed by atoms with van der Waals surface area (Å²) in [6.07, 6.45) is 1.91. The van der Waals surface area contributed by atoms with E-state index in [2.05, 4.69) is 16.0 Å². The van der Waals surface area contributed by atoms with Gasteiger partial charge >= 0.3 is 6.03 Å². The van der Waals surface area contributed by atoms with Crippen molar-refractivity contribution < 1.29 is 14.0 Å². The second-order valence-corrected chi connectivity index (χ2v) is 5.78. The third kappa shape index (κ3) is 4.55. The summed E-state index contributed by atoms with van der Waals surface area (Å²) in [5.41, 5.74) is 2.11. The Labute approximate surface area is 139 Å².